The van der Waals surface area contributed by atoms with Crippen LogP contribution in [0.15, 0.2) is 10.9 Å². The number of phosphoric ester groups is 1. The molecule has 1 aromatic heterocycles. The smallest absolute Gasteiger partial charge is 0.387 e. The summed E-state index contributed by atoms with van der Waals surface area (Å²) >= 11 is 6.52. The molecule has 1 aliphatic heterocycles. The van der Waals surface area contributed by atoms with Crippen molar-refractivity contribution >= 4 is 40.9 Å². The number of ether oxygens (including phenoxy) is 1. The van der Waals surface area contributed by atoms with Gasteiger partial charge >= 0.3 is 29.2 Å². The van der Waals surface area contributed by atoms with Crippen LogP contribution < -0.4 is 11.4 Å². The van der Waals surface area contributed by atoms with E-state index < -0.39 is 58.6 Å². The number of phosphoric acid groups is 3. The van der Waals surface area contributed by atoms with Gasteiger partial charge in [0.25, 0.3) is 0 Å². The number of alkyl halides is 1. The molecule has 16 nitrogen and oxygen atoms in total. The molecule has 2 heterocycles. The molecule has 34 heavy (non-hydrogen) atoms. The van der Waals surface area contributed by atoms with E-state index in [0.717, 1.165) is 11.5 Å². The van der Waals surface area contributed by atoms with Crippen molar-refractivity contribution in [2.24, 2.45) is 0 Å². The van der Waals surface area contributed by atoms with Crippen LogP contribution in [-0.4, -0.2) is 57.4 Å². The number of rotatable bonds is 8. The highest BCUT2D eigenvalue weighted by molar-refractivity contribution is 7.66. The molecule has 7 N–H and O–H groups in total. The number of aliphatic hydroxyl groups is 1. The number of aliphatic hydroxyl groups excluding tert-OH is 1. The van der Waals surface area contributed by atoms with Crippen LogP contribution in [0.1, 0.15) is 25.8 Å². The Kier molecular flexibility index (Phi) is 8.63. The summed E-state index contributed by atoms with van der Waals surface area (Å²) in [5, 5.41) is 10.8. The van der Waals surface area contributed by atoms with Gasteiger partial charge in [0.05, 0.1) is 6.10 Å². The molecule has 0 amide bonds. The van der Waals surface area contributed by atoms with Crippen LogP contribution in [0.2, 0.25) is 0 Å². The fourth-order valence-corrected chi connectivity index (χ4v) is 6.70. The van der Waals surface area contributed by atoms with Gasteiger partial charge in [-0.3, -0.25) is 9.09 Å². The van der Waals surface area contributed by atoms with E-state index in [1.165, 1.54) is 19.9 Å². The van der Waals surface area contributed by atoms with Gasteiger partial charge in [-0.15, -0.1) is 5.92 Å². The van der Waals surface area contributed by atoms with Gasteiger partial charge in [-0.2, -0.15) is 13.6 Å². The zero-order valence-electron chi connectivity index (χ0n) is 17.6. The number of hydrogen-bond acceptors (Lipinski definition) is 11. The average molecular weight is 568 g/mol. The Morgan fingerprint density at radius 1 is 1.26 bits per heavy atom. The fourth-order valence-electron chi connectivity index (χ4n) is 3.14. The maximum atomic E-state index is 12.5. The maximum absolute atomic E-state index is 12.5. The minimum Gasteiger partial charge on any atom is -0.387 e. The second kappa shape index (κ2) is 10.1. The molecule has 1 aliphatic rings. The lowest BCUT2D eigenvalue weighted by Gasteiger charge is -2.27. The number of nitrogens with two attached hydrogens (primary N) is 1. The summed E-state index contributed by atoms with van der Waals surface area (Å²) in [6.45, 7) is 3.92. The summed E-state index contributed by atoms with van der Waals surface area (Å²) in [4.78, 5) is 50.2. The van der Waals surface area contributed by atoms with Crippen molar-refractivity contribution in [2.45, 2.75) is 50.2 Å². The Bertz CT molecular complexity index is 1210. The zero-order chi connectivity index (χ0) is 26.3. The lowest BCUT2D eigenvalue weighted by molar-refractivity contribution is -0.0754. The number of halogens is 1. The largest absolute Gasteiger partial charge is 0.490 e. The quantitative estimate of drug-likeness (QED) is 0.139. The van der Waals surface area contributed by atoms with Gasteiger partial charge < -0.3 is 35.2 Å². The van der Waals surface area contributed by atoms with Gasteiger partial charge in [0.1, 0.15) is 18.0 Å². The molecule has 1 aromatic rings. The lowest BCUT2D eigenvalue weighted by atomic mass is 9.96. The molecule has 2 rings (SSSR count). The molecule has 7 atom stereocenters. The van der Waals surface area contributed by atoms with E-state index in [4.69, 9.17) is 31.9 Å². The average Bonchev–Trinajstić information content (AvgIpc) is 2.83. The van der Waals surface area contributed by atoms with E-state index in [2.05, 4.69) is 30.0 Å². The molecule has 0 bridgehead atoms. The van der Waals surface area contributed by atoms with E-state index in [1.807, 2.05) is 0 Å². The second-order valence-corrected chi connectivity index (χ2v) is 11.9. The Morgan fingerprint density at radius 3 is 2.35 bits per heavy atom. The molecule has 0 aromatic carbocycles. The molecule has 20 heteroatoms. The maximum Gasteiger partial charge on any atom is 0.490 e. The highest BCUT2D eigenvalue weighted by Crippen LogP contribution is 2.66. The molecular formula is C14H21ClN3O13P3. The van der Waals surface area contributed by atoms with E-state index in [-0.39, 0.29) is 11.5 Å². The summed E-state index contributed by atoms with van der Waals surface area (Å²) < 4.78 is 53.0. The highest BCUT2D eigenvalue weighted by atomic mass is 35.5. The SMILES string of the molecule is CC#CC1(Cl)[C@@H](O)[C@@H]([C@@H](C)OP(=O)(O)OP(=O)(O)OP(=O)(O)O)O[C@H]1n1c(C)cc(N)nc1=O. The van der Waals surface area contributed by atoms with Crippen LogP contribution in [0.4, 0.5) is 5.82 Å². The first-order chi connectivity index (χ1) is 15.3. The van der Waals surface area contributed by atoms with E-state index >= 15 is 0 Å². The van der Waals surface area contributed by atoms with E-state index in [1.54, 1.807) is 0 Å². The molecule has 0 aliphatic carbocycles. The molecule has 1 fully saturated rings. The monoisotopic (exact) mass is 567 g/mol. The van der Waals surface area contributed by atoms with Crippen molar-refractivity contribution in [3.8, 4) is 11.8 Å². The summed E-state index contributed by atoms with van der Waals surface area (Å²) in [6, 6.07) is 1.32. The molecule has 0 radical (unpaired) electrons. The summed E-state index contributed by atoms with van der Waals surface area (Å²) in [5.41, 5.74) is 4.86. The van der Waals surface area contributed by atoms with Gasteiger partial charge in [0, 0.05) is 5.69 Å². The highest BCUT2D eigenvalue weighted by Gasteiger charge is 2.58. The minimum absolute atomic E-state index is 0.100. The standard InChI is InChI=1S/C14H21ClN3O13P3/c1-4-5-14(15)11(19)10(28-12(14)18-7(2)6-9(16)17-13(18)20)8(3)29-33(24,25)31-34(26,27)30-32(21,22)23/h6,8,10-12,19H,1-3H3,(H,24,25)(H,26,27)(H2,16,17,20)(H2,21,22,23)/t8-,10-,11+,12-,14?/m1/s1. The first kappa shape index (κ1) is 29.1. The normalized spacial score (nSPS) is 29.5. The van der Waals surface area contributed by atoms with Crippen LogP contribution >= 0.6 is 35.1 Å². The second-order valence-electron chi connectivity index (χ2n) is 6.92. The topological polar surface area (TPSA) is 250 Å². The Hall–Kier alpha value is -1.14. The van der Waals surface area contributed by atoms with Gasteiger partial charge in [-0.05, 0) is 26.8 Å². The van der Waals surface area contributed by atoms with Gasteiger partial charge in [-0.25, -0.2) is 18.5 Å². The van der Waals surface area contributed by atoms with Crippen molar-refractivity contribution in [2.75, 3.05) is 5.73 Å². The predicted octanol–water partition coefficient (Wildman–Crippen LogP) is 0.125. The van der Waals surface area contributed by atoms with Crippen molar-refractivity contribution < 1.29 is 56.3 Å². The summed E-state index contributed by atoms with van der Waals surface area (Å²) in [7, 11) is -16.9. The molecule has 192 valence electrons. The molecule has 0 spiro atoms. The molecule has 3 unspecified atom stereocenters. The van der Waals surface area contributed by atoms with Crippen LogP contribution in [0.5, 0.6) is 0 Å². The number of nitrogens with zero attached hydrogens (tertiary/aromatic N) is 2. The third kappa shape index (κ3) is 6.75. The van der Waals surface area contributed by atoms with Gasteiger partial charge in [-0.1, -0.05) is 17.5 Å². The Balaban J connectivity index is 2.37. The molecule has 1 saturated heterocycles. The van der Waals surface area contributed by atoms with E-state index in [0.29, 0.717) is 0 Å². The Labute approximate surface area is 197 Å². The number of nitrogen functional groups attached to an aromatic ring is 1. The van der Waals surface area contributed by atoms with Crippen LogP contribution in [0.3, 0.4) is 0 Å². The summed E-state index contributed by atoms with van der Waals surface area (Å²) in [5.74, 6) is 4.89. The first-order valence-electron chi connectivity index (χ1n) is 8.96. The first-order valence-corrected chi connectivity index (χ1v) is 13.9. The van der Waals surface area contributed by atoms with E-state index in [9.17, 15) is 33.4 Å². The van der Waals surface area contributed by atoms with Gasteiger partial charge in [0.2, 0.25) is 0 Å². The predicted molar refractivity (Wildman–Crippen MR) is 114 cm³/mol. The number of hydrogen-bond donors (Lipinski definition) is 6. The van der Waals surface area contributed by atoms with Crippen molar-refractivity contribution in [3.05, 3.63) is 22.2 Å². The fraction of sp³-hybridized carbons (Fsp3) is 0.571. The molecule has 0 saturated carbocycles. The Morgan fingerprint density at radius 2 is 1.85 bits per heavy atom. The van der Waals surface area contributed by atoms with Crippen LogP contribution in [0.25, 0.3) is 0 Å². The number of aromatic nitrogens is 2. The number of anilines is 1. The number of aryl methyl sites for hydroxylation is 1. The zero-order valence-corrected chi connectivity index (χ0v) is 21.0. The third-order valence-electron chi connectivity index (χ3n) is 4.28. The summed E-state index contributed by atoms with van der Waals surface area (Å²) in [6.07, 6.45) is -6.51. The lowest BCUT2D eigenvalue weighted by Crippen LogP contribution is -2.45. The minimum atomic E-state index is -5.77. The van der Waals surface area contributed by atoms with Crippen molar-refractivity contribution in [1.29, 1.82) is 0 Å². The van der Waals surface area contributed by atoms with Crippen molar-refractivity contribution in [1.82, 2.24) is 9.55 Å². The van der Waals surface area contributed by atoms with Crippen LogP contribution in [-0.2, 0) is 31.6 Å². The van der Waals surface area contributed by atoms with Gasteiger partial charge in [0.15, 0.2) is 11.1 Å². The molecular weight excluding hydrogens is 547 g/mol. The third-order valence-corrected chi connectivity index (χ3v) is 8.71. The van der Waals surface area contributed by atoms with Crippen LogP contribution in [0, 0.1) is 18.8 Å². The van der Waals surface area contributed by atoms with Crippen molar-refractivity contribution in [3.63, 3.8) is 0 Å².